The third kappa shape index (κ3) is 1.86. The number of rotatable bonds is 2. The summed E-state index contributed by atoms with van der Waals surface area (Å²) in [5.41, 5.74) is 0. The Labute approximate surface area is 89.7 Å². The molecule has 0 N–H and O–H groups in total. The SMILES string of the molecule is [Cl][Pt-2]([Cl])([CH]1C=CC=C1)[CH]1C=CC=C1. The number of hydrogen-bond donors (Lipinski definition) is 0. The fourth-order valence-electron chi connectivity index (χ4n) is 1.25. The summed E-state index contributed by atoms with van der Waals surface area (Å²) in [4.78, 5) is 0. The van der Waals surface area contributed by atoms with Gasteiger partial charge in [0, 0.05) is 0 Å². The first kappa shape index (κ1) is 9.77. The van der Waals surface area contributed by atoms with Crippen LogP contribution < -0.4 is 0 Å². The Morgan fingerprint density at radius 3 is 1.31 bits per heavy atom. The standard InChI is InChI=1S/2C5H5.2ClH.Pt/c2*1-2-4-5-3-1;;;/h2*1-5H;2*1H;/p-2. The van der Waals surface area contributed by atoms with Gasteiger partial charge in [-0.15, -0.1) is 0 Å². The second-order valence-corrected chi connectivity index (χ2v) is 16.3. The van der Waals surface area contributed by atoms with Gasteiger partial charge in [0.25, 0.3) is 0 Å². The summed E-state index contributed by atoms with van der Waals surface area (Å²) in [7, 11) is 13.0. The van der Waals surface area contributed by atoms with Crippen molar-refractivity contribution in [1.29, 1.82) is 0 Å². The second kappa shape index (κ2) is 3.77. The van der Waals surface area contributed by atoms with Crippen molar-refractivity contribution in [1.82, 2.24) is 0 Å². The topological polar surface area (TPSA) is 0 Å². The van der Waals surface area contributed by atoms with Crippen LogP contribution in [0.1, 0.15) is 0 Å². The molecular formula is C10H10Cl2Pt-2. The van der Waals surface area contributed by atoms with Crippen LogP contribution in [0.15, 0.2) is 48.6 Å². The van der Waals surface area contributed by atoms with Crippen LogP contribution >= 0.6 is 18.8 Å². The monoisotopic (exact) mass is 395 g/mol. The molecule has 2 aliphatic carbocycles. The molecule has 2 aliphatic rings. The maximum atomic E-state index is 6.49. The van der Waals surface area contributed by atoms with Crippen LogP contribution in [0.4, 0.5) is 0 Å². The zero-order valence-electron chi connectivity index (χ0n) is 6.85. The molecule has 0 atom stereocenters. The summed E-state index contributed by atoms with van der Waals surface area (Å²) in [5, 5.41) is 0. The normalized spacial score (nSPS) is 23.5. The molecule has 0 nitrogen and oxygen atoms in total. The van der Waals surface area contributed by atoms with Crippen molar-refractivity contribution in [3.8, 4) is 0 Å². The molecule has 0 saturated heterocycles. The summed E-state index contributed by atoms with van der Waals surface area (Å²) in [5.74, 6) is 0. The summed E-state index contributed by atoms with van der Waals surface area (Å²) < 4.78 is 0.599. The van der Waals surface area contributed by atoms with E-state index >= 15 is 0 Å². The number of hydrogen-bond acceptors (Lipinski definition) is 0. The van der Waals surface area contributed by atoms with Crippen molar-refractivity contribution in [3.63, 3.8) is 0 Å². The van der Waals surface area contributed by atoms with E-state index in [1.54, 1.807) is 0 Å². The quantitative estimate of drug-likeness (QED) is 0.654. The molecule has 0 aromatic rings. The predicted octanol–water partition coefficient (Wildman–Crippen LogP) is 4.28. The zero-order valence-corrected chi connectivity index (χ0v) is 10.6. The molecule has 0 aromatic heterocycles. The second-order valence-electron chi connectivity index (χ2n) is 2.77. The fourth-order valence-corrected chi connectivity index (χ4v) is 8.61. The molecule has 0 aromatic carbocycles. The van der Waals surface area contributed by atoms with E-state index in [4.69, 9.17) is 18.8 Å². The predicted molar refractivity (Wildman–Crippen MR) is 55.8 cm³/mol. The van der Waals surface area contributed by atoms with E-state index in [2.05, 4.69) is 24.3 Å². The average molecular weight is 396 g/mol. The molecule has 0 spiro atoms. The first-order valence-electron chi connectivity index (χ1n) is 3.94. The van der Waals surface area contributed by atoms with Gasteiger partial charge < -0.3 is 0 Å². The first-order valence-corrected chi connectivity index (χ1v) is 12.2. The van der Waals surface area contributed by atoms with Crippen LogP contribution in [0.5, 0.6) is 0 Å². The molecule has 0 saturated carbocycles. The van der Waals surface area contributed by atoms with Gasteiger partial charge in [-0.25, -0.2) is 0 Å². The van der Waals surface area contributed by atoms with E-state index in [0.717, 1.165) is 0 Å². The van der Waals surface area contributed by atoms with Gasteiger partial charge in [-0.3, -0.25) is 0 Å². The first-order chi connectivity index (χ1) is 6.21. The van der Waals surface area contributed by atoms with Gasteiger partial charge >= 0.3 is 90.0 Å². The Morgan fingerprint density at radius 2 is 1.00 bits per heavy atom. The number of allylic oxidation sites excluding steroid dienone is 8. The molecule has 3 heteroatoms. The minimum atomic E-state index is -2.69. The number of halogens is 2. The van der Waals surface area contributed by atoms with E-state index in [0.29, 0.717) is 8.62 Å². The molecular weight excluding hydrogens is 386 g/mol. The van der Waals surface area contributed by atoms with Crippen molar-refractivity contribution in [2.45, 2.75) is 8.62 Å². The molecule has 0 aliphatic heterocycles. The van der Waals surface area contributed by atoms with E-state index in [1.165, 1.54) is 0 Å². The molecule has 0 fully saturated rings. The molecule has 76 valence electrons. The minimum absolute atomic E-state index is 0.299. The molecule has 0 heterocycles. The Balaban J connectivity index is 2.19. The summed E-state index contributed by atoms with van der Waals surface area (Å²) in [6.45, 7) is 0. The molecule has 0 unspecified atom stereocenters. The van der Waals surface area contributed by atoms with Gasteiger partial charge in [0.1, 0.15) is 0 Å². The van der Waals surface area contributed by atoms with E-state index in [1.807, 2.05) is 24.3 Å². The van der Waals surface area contributed by atoms with Crippen molar-refractivity contribution in [3.05, 3.63) is 48.6 Å². The maximum absolute atomic E-state index is 6.49. The van der Waals surface area contributed by atoms with Gasteiger partial charge in [-0.2, -0.15) is 0 Å². The molecule has 0 amide bonds. The van der Waals surface area contributed by atoms with Crippen LogP contribution in [-0.2, 0) is 14.0 Å². The summed E-state index contributed by atoms with van der Waals surface area (Å²) in [6.07, 6.45) is 16.5. The van der Waals surface area contributed by atoms with Crippen LogP contribution in [-0.4, -0.2) is 0 Å². The van der Waals surface area contributed by atoms with Crippen molar-refractivity contribution in [2.75, 3.05) is 0 Å². The van der Waals surface area contributed by atoms with Gasteiger partial charge in [0.15, 0.2) is 0 Å². The van der Waals surface area contributed by atoms with Gasteiger partial charge in [0.2, 0.25) is 0 Å². The third-order valence-electron chi connectivity index (χ3n) is 1.92. The summed E-state index contributed by atoms with van der Waals surface area (Å²) >= 11 is -2.69. The van der Waals surface area contributed by atoms with Crippen LogP contribution in [0, 0.1) is 0 Å². The van der Waals surface area contributed by atoms with Crippen molar-refractivity contribution in [2.24, 2.45) is 0 Å². The van der Waals surface area contributed by atoms with E-state index in [9.17, 15) is 0 Å². The van der Waals surface area contributed by atoms with Crippen LogP contribution in [0.2, 0.25) is 8.62 Å². The fraction of sp³-hybridized carbons (Fsp3) is 0.200. The Bertz CT molecular complexity index is 259. The average Bonchev–Trinajstić information content (AvgIpc) is 2.78. The Kier molecular flexibility index (Phi) is 2.83. The van der Waals surface area contributed by atoms with Gasteiger partial charge in [-0.1, -0.05) is 0 Å². The van der Waals surface area contributed by atoms with Crippen molar-refractivity contribution >= 4 is 18.8 Å². The van der Waals surface area contributed by atoms with Gasteiger partial charge in [-0.05, 0) is 0 Å². The molecule has 0 radical (unpaired) electrons. The van der Waals surface area contributed by atoms with Crippen LogP contribution in [0.25, 0.3) is 0 Å². The van der Waals surface area contributed by atoms with E-state index in [-0.39, 0.29) is 0 Å². The molecule has 13 heavy (non-hydrogen) atoms. The molecule has 0 bridgehead atoms. The molecule has 2 rings (SSSR count). The Morgan fingerprint density at radius 1 is 0.692 bits per heavy atom. The third-order valence-corrected chi connectivity index (χ3v) is 12.9. The zero-order chi connectivity index (χ0) is 9.31. The summed E-state index contributed by atoms with van der Waals surface area (Å²) in [6, 6.07) is 0. The van der Waals surface area contributed by atoms with E-state index < -0.39 is 14.0 Å². The Hall–Kier alpha value is 0.228. The van der Waals surface area contributed by atoms with Gasteiger partial charge in [0.05, 0.1) is 0 Å². The van der Waals surface area contributed by atoms with Crippen molar-refractivity contribution < 1.29 is 14.0 Å². The van der Waals surface area contributed by atoms with Crippen LogP contribution in [0.3, 0.4) is 0 Å².